The summed E-state index contributed by atoms with van der Waals surface area (Å²) in [6.45, 7) is 4.81. The van der Waals surface area contributed by atoms with Crippen molar-refractivity contribution in [2.24, 2.45) is 5.92 Å². The van der Waals surface area contributed by atoms with Crippen LogP contribution in [0.2, 0.25) is 0 Å². The summed E-state index contributed by atoms with van der Waals surface area (Å²) in [4.78, 5) is 11.0. The van der Waals surface area contributed by atoms with E-state index in [1.165, 1.54) is 13.2 Å². The maximum Gasteiger partial charge on any atom is 0.339 e. The van der Waals surface area contributed by atoms with E-state index < -0.39 is 5.97 Å². The Balaban J connectivity index is 2.69. The van der Waals surface area contributed by atoms with Crippen LogP contribution in [0.1, 0.15) is 37.0 Å². The number of aromatic carboxylic acids is 1. The number of ether oxygens (including phenoxy) is 2. The van der Waals surface area contributed by atoms with Crippen LogP contribution in [0.25, 0.3) is 0 Å². The first-order valence-electron chi connectivity index (χ1n) is 6.08. The molecule has 4 heteroatoms. The van der Waals surface area contributed by atoms with Crippen LogP contribution >= 0.6 is 0 Å². The SMILES string of the molecule is COc1ccc(C(=O)O)c(OCCCC(C)C)c1. The largest absolute Gasteiger partial charge is 0.497 e. The van der Waals surface area contributed by atoms with E-state index in [-0.39, 0.29) is 5.56 Å². The molecular weight excluding hydrogens is 232 g/mol. The standard InChI is InChI=1S/C14H20O4/c1-10(2)5-4-8-18-13-9-11(17-3)6-7-12(13)14(15)16/h6-7,9-10H,4-5,8H2,1-3H3,(H,15,16). The molecule has 1 aromatic rings. The first-order valence-corrected chi connectivity index (χ1v) is 6.08. The summed E-state index contributed by atoms with van der Waals surface area (Å²) < 4.78 is 10.6. The Kier molecular flexibility index (Phi) is 5.49. The van der Waals surface area contributed by atoms with Gasteiger partial charge in [-0.15, -0.1) is 0 Å². The molecule has 0 aromatic heterocycles. The average Bonchev–Trinajstić information content (AvgIpc) is 2.33. The van der Waals surface area contributed by atoms with Gasteiger partial charge in [-0.2, -0.15) is 0 Å². The lowest BCUT2D eigenvalue weighted by molar-refractivity contribution is 0.0692. The molecule has 0 heterocycles. The highest BCUT2D eigenvalue weighted by Crippen LogP contribution is 2.25. The highest BCUT2D eigenvalue weighted by atomic mass is 16.5. The maximum atomic E-state index is 11.0. The van der Waals surface area contributed by atoms with Gasteiger partial charge in [0.2, 0.25) is 0 Å². The predicted molar refractivity (Wildman–Crippen MR) is 69.5 cm³/mol. The van der Waals surface area contributed by atoms with E-state index in [1.54, 1.807) is 12.1 Å². The van der Waals surface area contributed by atoms with Crippen LogP contribution in [-0.4, -0.2) is 24.8 Å². The van der Waals surface area contributed by atoms with Gasteiger partial charge in [0.15, 0.2) is 0 Å². The molecule has 0 amide bonds. The average molecular weight is 252 g/mol. The van der Waals surface area contributed by atoms with Crippen LogP contribution in [-0.2, 0) is 0 Å². The summed E-state index contributed by atoms with van der Waals surface area (Å²) in [5.74, 6) is 0.596. The van der Waals surface area contributed by atoms with Crippen molar-refractivity contribution >= 4 is 5.97 Å². The summed E-state index contributed by atoms with van der Waals surface area (Å²) in [7, 11) is 1.54. The van der Waals surface area contributed by atoms with Crippen LogP contribution < -0.4 is 9.47 Å². The van der Waals surface area contributed by atoms with Crippen LogP contribution in [0, 0.1) is 5.92 Å². The minimum Gasteiger partial charge on any atom is -0.497 e. The number of rotatable bonds is 7. The van der Waals surface area contributed by atoms with Crippen molar-refractivity contribution in [3.8, 4) is 11.5 Å². The van der Waals surface area contributed by atoms with Crippen molar-refractivity contribution in [2.75, 3.05) is 13.7 Å². The lowest BCUT2D eigenvalue weighted by Gasteiger charge is -2.11. The summed E-state index contributed by atoms with van der Waals surface area (Å²) in [6, 6.07) is 4.72. The monoisotopic (exact) mass is 252 g/mol. The van der Waals surface area contributed by atoms with Gasteiger partial charge in [0, 0.05) is 6.07 Å². The van der Waals surface area contributed by atoms with Gasteiger partial charge < -0.3 is 14.6 Å². The maximum absolute atomic E-state index is 11.0. The van der Waals surface area contributed by atoms with Gasteiger partial charge in [-0.3, -0.25) is 0 Å². The van der Waals surface area contributed by atoms with E-state index in [9.17, 15) is 4.79 Å². The van der Waals surface area contributed by atoms with Gasteiger partial charge in [0.05, 0.1) is 13.7 Å². The molecule has 0 saturated heterocycles. The normalized spacial score (nSPS) is 10.4. The Morgan fingerprint density at radius 2 is 2.11 bits per heavy atom. The molecule has 1 aromatic carbocycles. The molecule has 0 aliphatic rings. The van der Waals surface area contributed by atoms with E-state index in [2.05, 4.69) is 13.8 Å². The molecule has 0 radical (unpaired) electrons. The fourth-order valence-electron chi connectivity index (χ4n) is 1.60. The number of methoxy groups -OCH3 is 1. The van der Waals surface area contributed by atoms with Crippen molar-refractivity contribution in [2.45, 2.75) is 26.7 Å². The van der Waals surface area contributed by atoms with E-state index in [1.807, 2.05) is 0 Å². The lowest BCUT2D eigenvalue weighted by Crippen LogP contribution is -2.05. The van der Waals surface area contributed by atoms with Gasteiger partial charge in [-0.05, 0) is 30.9 Å². The van der Waals surface area contributed by atoms with Gasteiger partial charge in [0.1, 0.15) is 17.1 Å². The Hall–Kier alpha value is -1.71. The van der Waals surface area contributed by atoms with Crippen LogP contribution in [0.3, 0.4) is 0 Å². The molecule has 0 spiro atoms. The van der Waals surface area contributed by atoms with Gasteiger partial charge in [0.25, 0.3) is 0 Å². The number of carbonyl (C=O) groups is 1. The molecule has 0 bridgehead atoms. The molecular formula is C14H20O4. The van der Waals surface area contributed by atoms with E-state index in [4.69, 9.17) is 14.6 Å². The first kappa shape index (κ1) is 14.4. The zero-order valence-electron chi connectivity index (χ0n) is 11.1. The van der Waals surface area contributed by atoms with E-state index >= 15 is 0 Å². The van der Waals surface area contributed by atoms with Crippen molar-refractivity contribution in [1.82, 2.24) is 0 Å². The first-order chi connectivity index (χ1) is 8.54. The second-order valence-electron chi connectivity index (χ2n) is 4.55. The van der Waals surface area contributed by atoms with Crippen LogP contribution in [0.4, 0.5) is 0 Å². The fourth-order valence-corrected chi connectivity index (χ4v) is 1.60. The van der Waals surface area contributed by atoms with Crippen LogP contribution in [0.15, 0.2) is 18.2 Å². The van der Waals surface area contributed by atoms with E-state index in [0.717, 1.165) is 12.8 Å². The zero-order valence-corrected chi connectivity index (χ0v) is 11.1. The highest BCUT2D eigenvalue weighted by molar-refractivity contribution is 5.91. The third-order valence-corrected chi connectivity index (χ3v) is 2.60. The Morgan fingerprint density at radius 1 is 1.39 bits per heavy atom. The molecule has 18 heavy (non-hydrogen) atoms. The van der Waals surface area contributed by atoms with E-state index in [0.29, 0.717) is 24.0 Å². The quantitative estimate of drug-likeness (QED) is 0.757. The molecule has 1 rings (SSSR count). The molecule has 0 aliphatic carbocycles. The van der Waals surface area contributed by atoms with Crippen molar-refractivity contribution < 1.29 is 19.4 Å². The lowest BCUT2D eigenvalue weighted by atomic mass is 10.1. The minimum atomic E-state index is -0.989. The zero-order chi connectivity index (χ0) is 13.5. The topological polar surface area (TPSA) is 55.8 Å². The molecule has 0 saturated carbocycles. The predicted octanol–water partition coefficient (Wildman–Crippen LogP) is 3.21. The highest BCUT2D eigenvalue weighted by Gasteiger charge is 2.12. The number of carboxylic acid groups (broad SMARTS) is 1. The van der Waals surface area contributed by atoms with Crippen molar-refractivity contribution in [3.05, 3.63) is 23.8 Å². The summed E-state index contributed by atoms with van der Waals surface area (Å²) >= 11 is 0. The second kappa shape index (κ2) is 6.89. The molecule has 0 fully saturated rings. The van der Waals surface area contributed by atoms with Crippen molar-refractivity contribution in [3.63, 3.8) is 0 Å². The number of carboxylic acids is 1. The van der Waals surface area contributed by atoms with Gasteiger partial charge in [-0.25, -0.2) is 4.79 Å². The molecule has 1 N–H and O–H groups in total. The number of benzene rings is 1. The van der Waals surface area contributed by atoms with Gasteiger partial charge >= 0.3 is 5.97 Å². The smallest absolute Gasteiger partial charge is 0.339 e. The summed E-state index contributed by atoms with van der Waals surface area (Å²) in [5.41, 5.74) is 0.167. The third kappa shape index (κ3) is 4.28. The van der Waals surface area contributed by atoms with Gasteiger partial charge in [-0.1, -0.05) is 13.8 Å². The molecule has 0 aliphatic heterocycles. The minimum absolute atomic E-state index is 0.167. The van der Waals surface area contributed by atoms with Crippen LogP contribution in [0.5, 0.6) is 11.5 Å². The number of hydrogen-bond donors (Lipinski definition) is 1. The second-order valence-corrected chi connectivity index (χ2v) is 4.55. The molecule has 0 unspecified atom stereocenters. The molecule has 0 atom stereocenters. The summed E-state index contributed by atoms with van der Waals surface area (Å²) in [5, 5.41) is 9.05. The third-order valence-electron chi connectivity index (χ3n) is 2.60. The summed E-state index contributed by atoms with van der Waals surface area (Å²) in [6.07, 6.45) is 1.97. The Bertz CT molecular complexity index is 399. The molecule has 100 valence electrons. The Morgan fingerprint density at radius 3 is 2.67 bits per heavy atom. The fraction of sp³-hybridized carbons (Fsp3) is 0.500. The molecule has 4 nitrogen and oxygen atoms in total. The Labute approximate surface area is 108 Å². The number of hydrogen-bond acceptors (Lipinski definition) is 3. The van der Waals surface area contributed by atoms with Crippen molar-refractivity contribution in [1.29, 1.82) is 0 Å².